The Balaban J connectivity index is 1.50. The van der Waals surface area contributed by atoms with E-state index in [-0.39, 0.29) is 11.8 Å². The molecule has 2 heterocycles. The second-order valence-electron chi connectivity index (χ2n) is 7.54. The summed E-state index contributed by atoms with van der Waals surface area (Å²) in [4.78, 5) is 6.51. The SMILES string of the molecule is COCCC1CN(c2cc(C)cc(Nc3ncn(-c4cc(F)cc(F)c4)n3)c2)CCO1. The molecule has 1 saturated heterocycles. The third-order valence-corrected chi connectivity index (χ3v) is 5.07. The number of benzene rings is 2. The van der Waals surface area contributed by atoms with Crippen molar-refractivity contribution >= 4 is 17.3 Å². The Morgan fingerprint density at radius 3 is 2.71 bits per heavy atom. The molecule has 1 aliphatic rings. The highest BCUT2D eigenvalue weighted by Gasteiger charge is 2.21. The van der Waals surface area contributed by atoms with Gasteiger partial charge < -0.3 is 19.7 Å². The van der Waals surface area contributed by atoms with E-state index in [0.717, 1.165) is 42.5 Å². The highest BCUT2D eigenvalue weighted by atomic mass is 19.1. The average Bonchev–Trinajstić information content (AvgIpc) is 3.20. The molecule has 0 radical (unpaired) electrons. The van der Waals surface area contributed by atoms with Gasteiger partial charge in [-0.2, -0.15) is 4.98 Å². The zero-order chi connectivity index (χ0) is 21.8. The second kappa shape index (κ2) is 9.40. The summed E-state index contributed by atoms with van der Waals surface area (Å²) in [6.07, 6.45) is 2.40. The van der Waals surface area contributed by atoms with Crippen LogP contribution >= 0.6 is 0 Å². The van der Waals surface area contributed by atoms with E-state index in [1.54, 1.807) is 7.11 Å². The van der Waals surface area contributed by atoms with Crippen LogP contribution < -0.4 is 10.2 Å². The van der Waals surface area contributed by atoms with Crippen molar-refractivity contribution in [3.05, 3.63) is 59.9 Å². The van der Waals surface area contributed by atoms with Gasteiger partial charge in [0.15, 0.2) is 0 Å². The summed E-state index contributed by atoms with van der Waals surface area (Å²) in [6, 6.07) is 9.38. The molecule has 3 aromatic rings. The van der Waals surface area contributed by atoms with Gasteiger partial charge in [0.05, 0.1) is 18.4 Å². The van der Waals surface area contributed by atoms with Crippen molar-refractivity contribution in [2.24, 2.45) is 0 Å². The Morgan fingerprint density at radius 1 is 1.13 bits per heavy atom. The molecular weight excluding hydrogens is 404 g/mol. The standard InChI is InChI=1S/C22H25F2N5O2/c1-15-7-18(12-19(8-15)28-4-6-31-21(13-28)3-5-30-2)26-22-25-14-29(27-22)20-10-16(23)9-17(24)11-20/h7-12,14,21H,3-6,13H2,1-2H3,(H,26,27). The van der Waals surface area contributed by atoms with E-state index in [2.05, 4.69) is 26.4 Å². The molecule has 2 aromatic carbocycles. The van der Waals surface area contributed by atoms with Gasteiger partial charge in [-0.25, -0.2) is 13.5 Å². The minimum absolute atomic E-state index is 0.134. The van der Waals surface area contributed by atoms with Gasteiger partial charge in [-0.1, -0.05) is 0 Å². The van der Waals surface area contributed by atoms with Gasteiger partial charge >= 0.3 is 0 Å². The number of halogens is 2. The zero-order valence-electron chi connectivity index (χ0n) is 17.5. The lowest BCUT2D eigenvalue weighted by molar-refractivity contribution is 0.0191. The van der Waals surface area contributed by atoms with Crippen LogP contribution in [0.5, 0.6) is 0 Å². The molecule has 1 atom stereocenters. The lowest BCUT2D eigenvalue weighted by Gasteiger charge is -2.35. The molecule has 9 heteroatoms. The Bertz CT molecular complexity index is 1020. The van der Waals surface area contributed by atoms with E-state index in [9.17, 15) is 8.78 Å². The quantitative estimate of drug-likeness (QED) is 0.616. The summed E-state index contributed by atoms with van der Waals surface area (Å²) in [7, 11) is 1.69. The number of nitrogens with zero attached hydrogens (tertiary/aromatic N) is 4. The summed E-state index contributed by atoms with van der Waals surface area (Å²) >= 11 is 0. The molecule has 1 unspecified atom stereocenters. The van der Waals surface area contributed by atoms with Gasteiger partial charge in [-0.3, -0.25) is 0 Å². The Labute approximate surface area is 179 Å². The van der Waals surface area contributed by atoms with Crippen LogP contribution in [-0.2, 0) is 9.47 Å². The van der Waals surface area contributed by atoms with Gasteiger partial charge in [0.2, 0.25) is 5.95 Å². The van der Waals surface area contributed by atoms with Gasteiger partial charge in [-0.15, -0.1) is 5.10 Å². The molecule has 1 fully saturated rings. The maximum absolute atomic E-state index is 13.5. The molecule has 0 saturated carbocycles. The number of rotatable bonds is 7. The molecular formula is C22H25F2N5O2. The van der Waals surface area contributed by atoms with Crippen LogP contribution in [0.3, 0.4) is 0 Å². The summed E-state index contributed by atoms with van der Waals surface area (Å²) in [5.41, 5.74) is 3.27. The molecule has 0 spiro atoms. The number of nitrogens with one attached hydrogen (secondary N) is 1. The highest BCUT2D eigenvalue weighted by Crippen LogP contribution is 2.26. The third kappa shape index (κ3) is 5.36. The molecule has 4 rings (SSSR count). The molecule has 0 bridgehead atoms. The lowest BCUT2D eigenvalue weighted by Crippen LogP contribution is -2.43. The maximum Gasteiger partial charge on any atom is 0.246 e. The third-order valence-electron chi connectivity index (χ3n) is 5.07. The largest absolute Gasteiger partial charge is 0.385 e. The normalized spacial score (nSPS) is 16.5. The van der Waals surface area contributed by atoms with E-state index < -0.39 is 11.6 Å². The zero-order valence-corrected chi connectivity index (χ0v) is 17.5. The number of methoxy groups -OCH3 is 1. The fourth-order valence-corrected chi connectivity index (χ4v) is 3.64. The van der Waals surface area contributed by atoms with Crippen LogP contribution in [0.1, 0.15) is 12.0 Å². The minimum Gasteiger partial charge on any atom is -0.385 e. The molecule has 1 aliphatic heterocycles. The lowest BCUT2D eigenvalue weighted by atomic mass is 10.1. The van der Waals surface area contributed by atoms with Crippen molar-refractivity contribution in [1.82, 2.24) is 14.8 Å². The first-order valence-corrected chi connectivity index (χ1v) is 10.1. The van der Waals surface area contributed by atoms with Crippen molar-refractivity contribution < 1.29 is 18.3 Å². The van der Waals surface area contributed by atoms with E-state index in [4.69, 9.17) is 9.47 Å². The highest BCUT2D eigenvalue weighted by molar-refractivity contribution is 5.64. The molecule has 1 N–H and O–H groups in total. The molecule has 31 heavy (non-hydrogen) atoms. The Hall–Kier alpha value is -3.04. The monoisotopic (exact) mass is 429 g/mol. The van der Waals surface area contributed by atoms with Gasteiger partial charge in [0.1, 0.15) is 18.0 Å². The van der Waals surface area contributed by atoms with Crippen molar-refractivity contribution in [2.45, 2.75) is 19.4 Å². The van der Waals surface area contributed by atoms with Crippen LogP contribution in [0.25, 0.3) is 5.69 Å². The van der Waals surface area contributed by atoms with E-state index in [1.165, 1.54) is 23.1 Å². The molecule has 0 amide bonds. The number of aryl methyl sites for hydroxylation is 1. The first-order valence-electron chi connectivity index (χ1n) is 10.1. The first kappa shape index (κ1) is 21.2. The smallest absolute Gasteiger partial charge is 0.246 e. The van der Waals surface area contributed by atoms with Crippen molar-refractivity contribution in [3.8, 4) is 5.69 Å². The number of hydrogen-bond donors (Lipinski definition) is 1. The van der Waals surface area contributed by atoms with Crippen LogP contribution in [0.2, 0.25) is 0 Å². The number of ether oxygens (including phenoxy) is 2. The number of anilines is 3. The number of hydrogen-bond acceptors (Lipinski definition) is 6. The number of aromatic nitrogens is 3. The van der Waals surface area contributed by atoms with E-state index in [0.29, 0.717) is 19.2 Å². The minimum atomic E-state index is -0.669. The van der Waals surface area contributed by atoms with Crippen LogP contribution in [0.15, 0.2) is 42.7 Å². The van der Waals surface area contributed by atoms with Crippen molar-refractivity contribution in [2.75, 3.05) is 43.6 Å². The van der Waals surface area contributed by atoms with Crippen LogP contribution in [0, 0.1) is 18.6 Å². The molecule has 1 aromatic heterocycles. The van der Waals surface area contributed by atoms with Gasteiger partial charge in [0.25, 0.3) is 0 Å². The van der Waals surface area contributed by atoms with Crippen LogP contribution in [0.4, 0.5) is 26.1 Å². The summed E-state index contributed by atoms with van der Waals surface area (Å²) in [6.45, 7) is 4.97. The molecule has 164 valence electrons. The van der Waals surface area contributed by atoms with Crippen LogP contribution in [-0.4, -0.2) is 54.3 Å². The van der Waals surface area contributed by atoms with Gasteiger partial charge in [0, 0.05) is 44.2 Å². The predicted octanol–water partition coefficient (Wildman–Crippen LogP) is 3.84. The Morgan fingerprint density at radius 2 is 1.94 bits per heavy atom. The molecule has 7 nitrogen and oxygen atoms in total. The molecule has 0 aliphatic carbocycles. The van der Waals surface area contributed by atoms with Gasteiger partial charge in [-0.05, 0) is 49.2 Å². The maximum atomic E-state index is 13.5. The van der Waals surface area contributed by atoms with E-state index in [1.807, 2.05) is 19.1 Å². The van der Waals surface area contributed by atoms with Crippen molar-refractivity contribution in [1.29, 1.82) is 0 Å². The summed E-state index contributed by atoms with van der Waals surface area (Å²) in [5, 5.41) is 7.47. The fourth-order valence-electron chi connectivity index (χ4n) is 3.64. The van der Waals surface area contributed by atoms with E-state index >= 15 is 0 Å². The second-order valence-corrected chi connectivity index (χ2v) is 7.54. The first-order chi connectivity index (χ1) is 15.0. The predicted molar refractivity (Wildman–Crippen MR) is 114 cm³/mol. The summed E-state index contributed by atoms with van der Waals surface area (Å²) in [5.74, 6) is -1.00. The topological polar surface area (TPSA) is 64.4 Å². The fraction of sp³-hybridized carbons (Fsp3) is 0.364. The Kier molecular flexibility index (Phi) is 6.43. The number of morpholine rings is 1. The van der Waals surface area contributed by atoms with Crippen molar-refractivity contribution in [3.63, 3.8) is 0 Å². The average molecular weight is 429 g/mol. The summed E-state index contributed by atoms with van der Waals surface area (Å²) < 4.78 is 39.3.